The number of rotatable bonds is 7. The molecule has 4 nitrogen and oxygen atoms in total. The molecule has 1 saturated heterocycles. The molecule has 1 fully saturated rings. The summed E-state index contributed by atoms with van der Waals surface area (Å²) in [5.74, 6) is 0.618. The zero-order chi connectivity index (χ0) is 18.2. The quantitative estimate of drug-likeness (QED) is 0.738. The van der Waals surface area contributed by atoms with Crippen molar-refractivity contribution in [2.45, 2.75) is 59.0 Å². The van der Waals surface area contributed by atoms with E-state index in [0.29, 0.717) is 12.3 Å². The first-order valence-electron chi connectivity index (χ1n) is 9.41. The Kier molecular flexibility index (Phi) is 8.04. The Morgan fingerprint density at radius 1 is 1.20 bits per heavy atom. The van der Waals surface area contributed by atoms with E-state index >= 15 is 0 Å². The zero-order valence-electron chi connectivity index (χ0n) is 15.7. The highest BCUT2D eigenvalue weighted by molar-refractivity contribution is 6.32. The number of nitrogens with one attached hydrogen (secondary N) is 1. The van der Waals surface area contributed by atoms with E-state index < -0.39 is 6.10 Å². The standard InChI is InChI=1S/C20H31ClN2O2/c1-15-13-18(14-16(2)19(15)21)25-17(3)20(24)22-9-8-12-23-10-6-4-5-7-11-23/h13-14,17H,4-12H2,1-3H3,(H,22,24). The summed E-state index contributed by atoms with van der Waals surface area (Å²) in [5, 5.41) is 3.73. The van der Waals surface area contributed by atoms with E-state index in [1.54, 1.807) is 6.92 Å². The van der Waals surface area contributed by atoms with E-state index in [-0.39, 0.29) is 5.91 Å². The zero-order valence-corrected chi connectivity index (χ0v) is 16.5. The largest absolute Gasteiger partial charge is 0.481 e. The molecule has 1 unspecified atom stereocenters. The fourth-order valence-corrected chi connectivity index (χ4v) is 3.36. The molecule has 0 radical (unpaired) electrons. The van der Waals surface area contributed by atoms with E-state index in [2.05, 4.69) is 10.2 Å². The van der Waals surface area contributed by atoms with E-state index in [0.717, 1.165) is 29.1 Å². The summed E-state index contributed by atoms with van der Waals surface area (Å²) in [5.41, 5.74) is 1.92. The van der Waals surface area contributed by atoms with Crippen LogP contribution in [0.1, 0.15) is 50.2 Å². The Hall–Kier alpha value is -1.26. The maximum atomic E-state index is 12.2. The fraction of sp³-hybridized carbons (Fsp3) is 0.650. The van der Waals surface area contributed by atoms with Crippen LogP contribution in [-0.2, 0) is 4.79 Å². The first-order valence-corrected chi connectivity index (χ1v) is 9.78. The number of nitrogens with zero attached hydrogens (tertiary/aromatic N) is 1. The molecule has 1 aliphatic heterocycles. The van der Waals surface area contributed by atoms with Crippen molar-refractivity contribution in [3.8, 4) is 5.75 Å². The van der Waals surface area contributed by atoms with Gasteiger partial charge in [-0.25, -0.2) is 0 Å². The number of hydrogen-bond donors (Lipinski definition) is 1. The molecule has 0 saturated carbocycles. The number of carbonyl (C=O) groups excluding carboxylic acids is 1. The van der Waals surface area contributed by atoms with Crippen molar-refractivity contribution in [3.63, 3.8) is 0 Å². The molecular weight excluding hydrogens is 336 g/mol. The van der Waals surface area contributed by atoms with Crippen LogP contribution in [0.2, 0.25) is 5.02 Å². The number of likely N-dealkylation sites (tertiary alicyclic amines) is 1. The first-order chi connectivity index (χ1) is 12.0. The van der Waals surface area contributed by atoms with Crippen LogP contribution in [0.15, 0.2) is 12.1 Å². The van der Waals surface area contributed by atoms with Gasteiger partial charge in [0.1, 0.15) is 5.75 Å². The summed E-state index contributed by atoms with van der Waals surface area (Å²) >= 11 is 6.17. The van der Waals surface area contributed by atoms with Gasteiger partial charge in [0.25, 0.3) is 5.91 Å². The Bertz CT molecular complexity index is 546. The van der Waals surface area contributed by atoms with Gasteiger partial charge < -0.3 is 15.0 Å². The number of benzene rings is 1. The van der Waals surface area contributed by atoms with Gasteiger partial charge in [-0.05, 0) is 82.9 Å². The summed E-state index contributed by atoms with van der Waals surface area (Å²) in [6, 6.07) is 3.75. The van der Waals surface area contributed by atoms with Crippen LogP contribution in [0, 0.1) is 13.8 Å². The monoisotopic (exact) mass is 366 g/mol. The molecule has 0 aliphatic carbocycles. The molecule has 0 bridgehead atoms. The Morgan fingerprint density at radius 3 is 2.40 bits per heavy atom. The highest BCUT2D eigenvalue weighted by Crippen LogP contribution is 2.26. The minimum atomic E-state index is -0.516. The van der Waals surface area contributed by atoms with Crippen molar-refractivity contribution >= 4 is 17.5 Å². The van der Waals surface area contributed by atoms with Crippen molar-refractivity contribution in [2.24, 2.45) is 0 Å². The number of ether oxygens (including phenoxy) is 1. The van der Waals surface area contributed by atoms with Crippen molar-refractivity contribution in [3.05, 3.63) is 28.3 Å². The SMILES string of the molecule is Cc1cc(OC(C)C(=O)NCCCN2CCCCCC2)cc(C)c1Cl. The van der Waals surface area contributed by atoms with Crippen LogP contribution >= 0.6 is 11.6 Å². The second-order valence-electron chi connectivity index (χ2n) is 7.03. The third kappa shape index (κ3) is 6.52. The molecule has 140 valence electrons. The molecule has 1 aromatic rings. The number of aryl methyl sites for hydroxylation is 2. The number of carbonyl (C=O) groups is 1. The van der Waals surface area contributed by atoms with Gasteiger partial charge in [0, 0.05) is 11.6 Å². The number of amides is 1. The molecule has 25 heavy (non-hydrogen) atoms. The van der Waals surface area contributed by atoms with Gasteiger partial charge in [-0.15, -0.1) is 0 Å². The minimum absolute atomic E-state index is 0.0684. The average Bonchev–Trinajstić information content (AvgIpc) is 2.85. The highest BCUT2D eigenvalue weighted by atomic mass is 35.5. The van der Waals surface area contributed by atoms with Crippen molar-refractivity contribution < 1.29 is 9.53 Å². The highest BCUT2D eigenvalue weighted by Gasteiger charge is 2.15. The Labute approximate surface area is 156 Å². The van der Waals surface area contributed by atoms with Crippen LogP contribution in [0.5, 0.6) is 5.75 Å². The summed E-state index contributed by atoms with van der Waals surface area (Å²) < 4.78 is 5.78. The molecule has 1 atom stereocenters. The van der Waals surface area contributed by atoms with Gasteiger partial charge in [-0.2, -0.15) is 0 Å². The molecule has 0 spiro atoms. The lowest BCUT2D eigenvalue weighted by Gasteiger charge is -2.20. The number of halogens is 1. The topological polar surface area (TPSA) is 41.6 Å². The van der Waals surface area contributed by atoms with Crippen molar-refractivity contribution in [2.75, 3.05) is 26.2 Å². The smallest absolute Gasteiger partial charge is 0.260 e. The molecular formula is C20H31ClN2O2. The van der Waals surface area contributed by atoms with Gasteiger partial charge in [0.05, 0.1) is 0 Å². The summed E-state index contributed by atoms with van der Waals surface area (Å²) in [7, 11) is 0. The molecule has 1 heterocycles. The van der Waals surface area contributed by atoms with E-state index in [1.807, 2.05) is 26.0 Å². The summed E-state index contributed by atoms with van der Waals surface area (Å²) in [6.07, 6.45) is 5.78. The second-order valence-corrected chi connectivity index (χ2v) is 7.41. The van der Waals surface area contributed by atoms with E-state index in [9.17, 15) is 4.79 Å². The van der Waals surface area contributed by atoms with Crippen LogP contribution in [0.4, 0.5) is 0 Å². The lowest BCUT2D eigenvalue weighted by Crippen LogP contribution is -2.38. The van der Waals surface area contributed by atoms with Crippen LogP contribution in [0.25, 0.3) is 0 Å². The predicted octanol–water partition coefficient (Wildman–Crippen LogP) is 4.11. The van der Waals surface area contributed by atoms with E-state index in [1.165, 1.54) is 38.8 Å². The molecule has 1 aromatic carbocycles. The summed E-state index contributed by atoms with van der Waals surface area (Å²) in [6.45, 7) is 9.81. The van der Waals surface area contributed by atoms with Gasteiger partial charge in [-0.3, -0.25) is 4.79 Å². The van der Waals surface area contributed by atoms with Gasteiger partial charge >= 0.3 is 0 Å². The average molecular weight is 367 g/mol. The van der Waals surface area contributed by atoms with Crippen LogP contribution < -0.4 is 10.1 Å². The summed E-state index contributed by atoms with van der Waals surface area (Å²) in [4.78, 5) is 14.7. The van der Waals surface area contributed by atoms with E-state index in [4.69, 9.17) is 16.3 Å². The fourth-order valence-electron chi connectivity index (χ4n) is 3.25. The van der Waals surface area contributed by atoms with Crippen molar-refractivity contribution in [1.82, 2.24) is 10.2 Å². The first kappa shape index (κ1) is 20.1. The minimum Gasteiger partial charge on any atom is -0.481 e. The molecule has 1 N–H and O–H groups in total. The Balaban J connectivity index is 1.71. The van der Waals surface area contributed by atoms with Gasteiger partial charge in [0.2, 0.25) is 0 Å². The maximum Gasteiger partial charge on any atom is 0.260 e. The van der Waals surface area contributed by atoms with Crippen LogP contribution in [-0.4, -0.2) is 43.1 Å². The molecule has 1 amide bonds. The normalized spacial score (nSPS) is 17.0. The second kappa shape index (κ2) is 10.0. The third-order valence-electron chi connectivity index (χ3n) is 4.74. The molecule has 5 heteroatoms. The van der Waals surface area contributed by atoms with Crippen LogP contribution in [0.3, 0.4) is 0 Å². The molecule has 0 aromatic heterocycles. The molecule has 1 aliphatic rings. The third-order valence-corrected chi connectivity index (χ3v) is 5.34. The maximum absolute atomic E-state index is 12.2. The molecule has 2 rings (SSSR count). The Morgan fingerprint density at radius 2 is 1.80 bits per heavy atom. The lowest BCUT2D eigenvalue weighted by atomic mass is 10.1. The lowest BCUT2D eigenvalue weighted by molar-refractivity contribution is -0.127. The predicted molar refractivity (Wildman–Crippen MR) is 104 cm³/mol. The van der Waals surface area contributed by atoms with Crippen molar-refractivity contribution in [1.29, 1.82) is 0 Å². The van der Waals surface area contributed by atoms with Gasteiger partial charge in [-0.1, -0.05) is 24.4 Å². The number of hydrogen-bond acceptors (Lipinski definition) is 3. The van der Waals surface area contributed by atoms with Gasteiger partial charge in [0.15, 0.2) is 6.10 Å².